The van der Waals surface area contributed by atoms with Crippen LogP contribution in [0.1, 0.15) is 122 Å². The normalized spacial score (nSPS) is 25.3. The molecule has 5 aromatic rings. The van der Waals surface area contributed by atoms with E-state index in [1.165, 1.54) is 16.9 Å². The molecule has 20 heteroatoms. The van der Waals surface area contributed by atoms with Gasteiger partial charge in [0.05, 0.1) is 52.8 Å². The van der Waals surface area contributed by atoms with E-state index in [1.54, 1.807) is 10.9 Å². The van der Waals surface area contributed by atoms with Crippen LogP contribution in [0, 0.1) is 23.7 Å². The Balaban J connectivity index is 0.655. The highest BCUT2D eigenvalue weighted by Crippen LogP contribution is 2.41. The number of benzene rings is 1. The fraction of sp³-hybridized carbons (Fsp3) is 0.580. The number of carbonyl (C=O) groups is 3. The molecular formula is C50H58F4N12O4. The summed E-state index contributed by atoms with van der Waals surface area (Å²) < 4.78 is 68.7. The van der Waals surface area contributed by atoms with Gasteiger partial charge in [-0.05, 0) is 88.2 Å². The lowest BCUT2D eigenvalue weighted by Crippen LogP contribution is -2.51. The van der Waals surface area contributed by atoms with E-state index in [2.05, 4.69) is 47.4 Å². The number of halogens is 4. The van der Waals surface area contributed by atoms with Crippen LogP contribution in [0.2, 0.25) is 0 Å². The van der Waals surface area contributed by atoms with Gasteiger partial charge in [0.2, 0.25) is 11.8 Å². The summed E-state index contributed by atoms with van der Waals surface area (Å²) in [4.78, 5) is 49.5. The zero-order valence-corrected chi connectivity index (χ0v) is 39.0. The number of aromatic nitrogens is 7. The molecule has 370 valence electrons. The number of para-hydroxylation sites is 1. The number of piperidine rings is 3. The molecule has 0 spiro atoms. The largest absolute Gasteiger partial charge is 0.362 e. The summed E-state index contributed by atoms with van der Waals surface area (Å²) in [6, 6.07) is 7.73. The molecule has 2 N–H and O–H groups in total. The number of hydrogen-bond acceptors (Lipinski definition) is 11. The van der Waals surface area contributed by atoms with Crippen LogP contribution < -0.4 is 15.5 Å². The number of hydrogen-bond donors (Lipinski definition) is 2. The van der Waals surface area contributed by atoms with Crippen LogP contribution in [0.4, 0.5) is 29.1 Å². The average molecular weight is 967 g/mol. The Morgan fingerprint density at radius 2 is 1.66 bits per heavy atom. The summed E-state index contributed by atoms with van der Waals surface area (Å²) in [6.45, 7) is 5.25. The smallest absolute Gasteiger partial charge is 0.284 e. The van der Waals surface area contributed by atoms with Gasteiger partial charge in [0.15, 0.2) is 11.3 Å². The molecule has 4 aliphatic heterocycles. The molecule has 4 saturated heterocycles. The Kier molecular flexibility index (Phi) is 13.1. The molecule has 8 heterocycles. The van der Waals surface area contributed by atoms with Gasteiger partial charge in [0.25, 0.3) is 12.3 Å². The van der Waals surface area contributed by atoms with Gasteiger partial charge in [-0.1, -0.05) is 24.0 Å². The molecule has 1 aromatic carbocycles. The van der Waals surface area contributed by atoms with Crippen molar-refractivity contribution >= 4 is 45.8 Å². The van der Waals surface area contributed by atoms with Crippen LogP contribution in [0.25, 0.3) is 16.6 Å². The lowest BCUT2D eigenvalue weighted by atomic mass is 9.85. The summed E-state index contributed by atoms with van der Waals surface area (Å²) in [7, 11) is 0. The van der Waals surface area contributed by atoms with Gasteiger partial charge in [-0.25, -0.2) is 27.1 Å². The summed E-state index contributed by atoms with van der Waals surface area (Å²) in [5.74, 6) is 6.14. The summed E-state index contributed by atoms with van der Waals surface area (Å²) >= 11 is 0. The van der Waals surface area contributed by atoms with Crippen molar-refractivity contribution in [1.29, 1.82) is 0 Å². The van der Waals surface area contributed by atoms with E-state index in [9.17, 15) is 27.6 Å². The molecule has 0 bridgehead atoms. The van der Waals surface area contributed by atoms with E-state index in [4.69, 9.17) is 14.8 Å². The van der Waals surface area contributed by atoms with Crippen LogP contribution in [0.15, 0.2) is 42.9 Å². The van der Waals surface area contributed by atoms with E-state index in [0.29, 0.717) is 74.3 Å². The van der Waals surface area contributed by atoms with Gasteiger partial charge >= 0.3 is 0 Å². The number of nitrogens with zero attached hydrogens (tertiary/aromatic N) is 10. The van der Waals surface area contributed by atoms with Gasteiger partial charge < -0.3 is 15.0 Å². The third kappa shape index (κ3) is 9.76. The number of alkyl halides is 4. The van der Waals surface area contributed by atoms with Gasteiger partial charge in [0, 0.05) is 76.6 Å². The molecule has 6 aliphatic rings. The molecule has 3 amide bonds. The van der Waals surface area contributed by atoms with Crippen molar-refractivity contribution in [3.05, 3.63) is 65.4 Å². The Labute approximate surface area is 402 Å². The Morgan fingerprint density at radius 3 is 2.40 bits per heavy atom. The summed E-state index contributed by atoms with van der Waals surface area (Å²) in [5, 5.41) is 19.4. The van der Waals surface area contributed by atoms with Crippen molar-refractivity contribution in [3.8, 4) is 11.8 Å². The van der Waals surface area contributed by atoms with Gasteiger partial charge in [-0.15, -0.1) is 0 Å². The maximum Gasteiger partial charge on any atom is 0.284 e. The minimum Gasteiger partial charge on any atom is -0.362 e. The molecule has 16 nitrogen and oxygen atoms in total. The lowest BCUT2D eigenvalue weighted by molar-refractivity contribution is -0.134. The third-order valence-corrected chi connectivity index (χ3v) is 15.3. The monoisotopic (exact) mass is 966 g/mol. The van der Waals surface area contributed by atoms with E-state index in [1.807, 2.05) is 28.9 Å². The number of likely N-dealkylation sites (tertiary alicyclic amines) is 2. The molecule has 11 rings (SSSR count). The Bertz CT molecular complexity index is 2810. The number of anilines is 2. The standard InChI is InChI=1S/C50H58F4N12O4/c51-33-26-62(27-33)25-31-14-19-63(20-15-31)42-17-21-64-48(57-42)38(23-55-64)50(69)56-40-29-65(59-45(40)47(53)54)34-8-6-30(7-9-34)24-61-18-16-41(39(52)28-61)70-22-2-4-32-3-1-5-36-44(37-12-13-43(67)58-49(37)68)60-66(46(32)36)35-10-11-35/h1,3,5,17,21,23,29-31,33-35,37,39,41,47H,6-16,18-20,22,24-28H2,(H,56,69)(H,58,67,68)/t30?,34?,37?,39-,41+/m1/s1. The molecule has 70 heavy (non-hydrogen) atoms. The van der Waals surface area contributed by atoms with Gasteiger partial charge in [0.1, 0.15) is 30.3 Å². The minimum atomic E-state index is -2.91. The molecule has 3 atom stereocenters. The highest BCUT2D eigenvalue weighted by Gasteiger charge is 2.37. The van der Waals surface area contributed by atoms with E-state index < -0.39 is 42.4 Å². The first-order valence-corrected chi connectivity index (χ1v) is 25.0. The number of ether oxygens (including phenoxy) is 1. The second-order valence-corrected chi connectivity index (χ2v) is 20.2. The van der Waals surface area contributed by atoms with Crippen LogP contribution in [-0.4, -0.2) is 139 Å². The first kappa shape index (κ1) is 46.5. The van der Waals surface area contributed by atoms with E-state index >= 15 is 4.39 Å². The van der Waals surface area contributed by atoms with E-state index in [0.717, 1.165) is 81.2 Å². The zero-order chi connectivity index (χ0) is 48.0. The summed E-state index contributed by atoms with van der Waals surface area (Å²) in [6.07, 6.45) is 7.45. The molecule has 2 aliphatic carbocycles. The number of rotatable bonds is 13. The second kappa shape index (κ2) is 19.7. The predicted octanol–water partition coefficient (Wildman–Crippen LogP) is 6.40. The molecule has 0 radical (unpaired) electrons. The first-order chi connectivity index (χ1) is 34.0. The van der Waals surface area contributed by atoms with Gasteiger partial charge in [-0.2, -0.15) is 15.3 Å². The highest BCUT2D eigenvalue weighted by atomic mass is 19.3. The molecular weight excluding hydrogens is 909 g/mol. The quantitative estimate of drug-likeness (QED) is 0.0764. The zero-order valence-electron chi connectivity index (χ0n) is 39.0. The van der Waals surface area contributed by atoms with E-state index in [-0.39, 0.29) is 54.7 Å². The van der Waals surface area contributed by atoms with Crippen molar-refractivity contribution in [2.45, 2.75) is 114 Å². The second-order valence-electron chi connectivity index (χ2n) is 20.2. The molecule has 1 unspecified atom stereocenters. The van der Waals surface area contributed by atoms with Crippen molar-refractivity contribution in [2.24, 2.45) is 11.8 Å². The Hall–Kier alpha value is -5.91. The van der Waals surface area contributed by atoms with Crippen molar-refractivity contribution in [3.63, 3.8) is 0 Å². The third-order valence-electron chi connectivity index (χ3n) is 15.3. The fourth-order valence-electron chi connectivity index (χ4n) is 11.3. The van der Waals surface area contributed by atoms with Crippen molar-refractivity contribution < 1.29 is 36.7 Å². The molecule has 6 fully saturated rings. The Morgan fingerprint density at radius 1 is 0.886 bits per heavy atom. The first-order valence-electron chi connectivity index (χ1n) is 25.0. The van der Waals surface area contributed by atoms with Crippen LogP contribution in [-0.2, 0) is 14.3 Å². The number of nitrogens with one attached hydrogen (secondary N) is 2. The fourth-order valence-corrected chi connectivity index (χ4v) is 11.3. The summed E-state index contributed by atoms with van der Waals surface area (Å²) in [5.41, 5.74) is 2.24. The predicted molar refractivity (Wildman–Crippen MR) is 251 cm³/mol. The molecule has 2 saturated carbocycles. The lowest BCUT2D eigenvalue weighted by Gasteiger charge is -2.40. The highest BCUT2D eigenvalue weighted by molar-refractivity contribution is 6.08. The maximum atomic E-state index is 15.6. The van der Waals surface area contributed by atoms with Crippen LogP contribution in [0.5, 0.6) is 0 Å². The van der Waals surface area contributed by atoms with Crippen molar-refractivity contribution in [2.75, 3.05) is 69.2 Å². The van der Waals surface area contributed by atoms with Gasteiger partial charge in [-0.3, -0.25) is 38.9 Å². The maximum absolute atomic E-state index is 15.6. The number of imide groups is 1. The topological polar surface area (TPSA) is 160 Å². The van der Waals surface area contributed by atoms with Crippen molar-refractivity contribution in [1.82, 2.24) is 49.3 Å². The minimum absolute atomic E-state index is 0.0509. The number of carbonyl (C=O) groups excluding carboxylic acids is 3. The SMILES string of the molecule is O=C1CCC(c2nn(C3CC3)c3c(C#CCO[C@H]4CCN(CC5CCC(n6cc(NC(=O)c7cnn8ccc(N9CCC(CN%10CC(F)C%10)CC9)nc78)c(C(F)F)n6)CC5)C[C@H]4F)cccc23)C(=O)N1. The molecule has 4 aromatic heterocycles. The van der Waals surface area contributed by atoms with Crippen LogP contribution >= 0.6 is 0 Å². The van der Waals surface area contributed by atoms with Crippen LogP contribution in [0.3, 0.4) is 0 Å². The average Bonchev–Trinajstić information content (AvgIpc) is 3.76. The number of fused-ring (bicyclic) bond motifs is 2. The number of amides is 3.